The quantitative estimate of drug-likeness (QED) is 0.633. The normalized spacial score (nSPS) is 10.9. The number of rotatable bonds is 2. The lowest BCUT2D eigenvalue weighted by atomic mass is 10.1. The smallest absolute Gasteiger partial charge is 0.356 e. The number of hydrogen-bond donors (Lipinski definition) is 0. The molecule has 0 spiro atoms. The van der Waals surface area contributed by atoms with E-state index in [1.165, 1.54) is 11.6 Å². The standard InChI is InChI=1S/C15H11BrClN3O2/c1-8-13(16)14-18-11(9-3-5-10(17)6-4-9)7-12(15(21)22-2)20(14)19-8/h3-7H,1-2H3. The molecule has 0 atom stereocenters. The second-order valence-corrected chi connectivity index (χ2v) is 5.89. The number of benzene rings is 1. The van der Waals surface area contributed by atoms with Crippen LogP contribution in [0.15, 0.2) is 34.8 Å². The summed E-state index contributed by atoms with van der Waals surface area (Å²) >= 11 is 9.37. The van der Waals surface area contributed by atoms with Crippen LogP contribution in [0.25, 0.3) is 16.9 Å². The summed E-state index contributed by atoms with van der Waals surface area (Å²) in [5.41, 5.74) is 3.11. The molecule has 0 N–H and O–H groups in total. The van der Waals surface area contributed by atoms with Gasteiger partial charge in [0.2, 0.25) is 0 Å². The minimum atomic E-state index is -0.474. The average Bonchev–Trinajstić information content (AvgIpc) is 2.81. The van der Waals surface area contributed by atoms with Gasteiger partial charge in [-0.3, -0.25) is 0 Å². The molecule has 2 heterocycles. The van der Waals surface area contributed by atoms with Crippen LogP contribution in [0.4, 0.5) is 0 Å². The van der Waals surface area contributed by atoms with Gasteiger partial charge in [0.1, 0.15) is 0 Å². The number of fused-ring (bicyclic) bond motifs is 1. The van der Waals surface area contributed by atoms with Gasteiger partial charge < -0.3 is 4.74 Å². The first kappa shape index (κ1) is 15.0. The van der Waals surface area contributed by atoms with E-state index in [9.17, 15) is 4.79 Å². The SMILES string of the molecule is COC(=O)c1cc(-c2ccc(Cl)cc2)nc2c(Br)c(C)nn12. The molecule has 0 aliphatic carbocycles. The Hall–Kier alpha value is -1.92. The van der Waals surface area contributed by atoms with E-state index in [0.717, 1.165) is 15.7 Å². The van der Waals surface area contributed by atoms with Gasteiger partial charge in [-0.1, -0.05) is 23.7 Å². The fourth-order valence-electron chi connectivity index (χ4n) is 2.12. The lowest BCUT2D eigenvalue weighted by molar-refractivity contribution is 0.0590. The van der Waals surface area contributed by atoms with E-state index >= 15 is 0 Å². The van der Waals surface area contributed by atoms with Gasteiger partial charge in [-0.2, -0.15) is 5.10 Å². The number of carbonyl (C=O) groups excluding carboxylic acids is 1. The third kappa shape index (κ3) is 2.48. The summed E-state index contributed by atoms with van der Waals surface area (Å²) in [6, 6.07) is 8.90. The topological polar surface area (TPSA) is 56.5 Å². The first-order chi connectivity index (χ1) is 10.5. The van der Waals surface area contributed by atoms with E-state index < -0.39 is 5.97 Å². The molecule has 112 valence electrons. The van der Waals surface area contributed by atoms with Crippen LogP contribution >= 0.6 is 27.5 Å². The molecule has 2 aromatic heterocycles. The summed E-state index contributed by atoms with van der Waals surface area (Å²) in [7, 11) is 1.34. The molecule has 3 rings (SSSR count). The maximum absolute atomic E-state index is 12.0. The van der Waals surface area contributed by atoms with Crippen LogP contribution in [0.3, 0.4) is 0 Å². The molecule has 0 bridgehead atoms. The highest BCUT2D eigenvalue weighted by Crippen LogP contribution is 2.27. The van der Waals surface area contributed by atoms with E-state index in [-0.39, 0.29) is 0 Å². The van der Waals surface area contributed by atoms with Crippen LogP contribution in [0.2, 0.25) is 5.02 Å². The zero-order valence-electron chi connectivity index (χ0n) is 11.8. The molecule has 0 fully saturated rings. The van der Waals surface area contributed by atoms with Crippen molar-refractivity contribution in [2.45, 2.75) is 6.92 Å². The van der Waals surface area contributed by atoms with Crippen molar-refractivity contribution in [3.63, 3.8) is 0 Å². The largest absolute Gasteiger partial charge is 0.464 e. The van der Waals surface area contributed by atoms with Crippen molar-refractivity contribution in [2.24, 2.45) is 0 Å². The van der Waals surface area contributed by atoms with Crippen LogP contribution in [0.5, 0.6) is 0 Å². The molecular formula is C15H11BrClN3O2. The Kier molecular flexibility index (Phi) is 3.88. The van der Waals surface area contributed by atoms with E-state index in [1.807, 2.05) is 19.1 Å². The molecule has 3 aromatic rings. The van der Waals surface area contributed by atoms with E-state index in [1.54, 1.807) is 18.2 Å². The van der Waals surface area contributed by atoms with Crippen molar-refractivity contribution < 1.29 is 9.53 Å². The summed E-state index contributed by atoms with van der Waals surface area (Å²) < 4.78 is 7.06. The van der Waals surface area contributed by atoms with Crippen LogP contribution in [0, 0.1) is 6.92 Å². The molecule has 1 aromatic carbocycles. The number of aryl methyl sites for hydroxylation is 1. The number of carbonyl (C=O) groups is 1. The number of nitrogens with zero attached hydrogens (tertiary/aromatic N) is 3. The van der Waals surface area contributed by atoms with Gasteiger partial charge in [0.05, 0.1) is 23.0 Å². The monoisotopic (exact) mass is 379 g/mol. The van der Waals surface area contributed by atoms with Gasteiger partial charge in [0.25, 0.3) is 0 Å². The molecule has 22 heavy (non-hydrogen) atoms. The second-order valence-electron chi connectivity index (χ2n) is 4.66. The van der Waals surface area contributed by atoms with Gasteiger partial charge in [0.15, 0.2) is 11.3 Å². The Balaban J connectivity index is 2.30. The summed E-state index contributed by atoms with van der Waals surface area (Å²) in [6.07, 6.45) is 0. The highest BCUT2D eigenvalue weighted by molar-refractivity contribution is 9.10. The van der Waals surface area contributed by atoms with Gasteiger partial charge in [0, 0.05) is 10.6 Å². The van der Waals surface area contributed by atoms with Crippen molar-refractivity contribution >= 4 is 39.1 Å². The Morgan fingerprint density at radius 2 is 2.00 bits per heavy atom. The highest BCUT2D eigenvalue weighted by Gasteiger charge is 2.19. The number of ether oxygens (including phenoxy) is 1. The fourth-order valence-corrected chi connectivity index (χ4v) is 2.58. The third-order valence-corrected chi connectivity index (χ3v) is 4.41. The van der Waals surface area contributed by atoms with Crippen molar-refractivity contribution in [3.05, 3.63) is 51.2 Å². The summed E-state index contributed by atoms with van der Waals surface area (Å²) in [5.74, 6) is -0.474. The Morgan fingerprint density at radius 3 is 2.64 bits per heavy atom. The van der Waals surface area contributed by atoms with Gasteiger partial charge >= 0.3 is 5.97 Å². The number of hydrogen-bond acceptors (Lipinski definition) is 4. The minimum absolute atomic E-state index is 0.311. The van der Waals surface area contributed by atoms with Crippen LogP contribution < -0.4 is 0 Å². The summed E-state index contributed by atoms with van der Waals surface area (Å²) in [5, 5.41) is 4.95. The number of esters is 1. The minimum Gasteiger partial charge on any atom is -0.464 e. The zero-order valence-corrected chi connectivity index (χ0v) is 14.1. The molecule has 0 aliphatic rings. The van der Waals surface area contributed by atoms with Crippen molar-refractivity contribution in [1.29, 1.82) is 0 Å². The predicted molar refractivity (Wildman–Crippen MR) is 87.2 cm³/mol. The van der Waals surface area contributed by atoms with E-state index in [2.05, 4.69) is 26.0 Å². The molecule has 5 nitrogen and oxygen atoms in total. The maximum Gasteiger partial charge on any atom is 0.356 e. The van der Waals surface area contributed by atoms with Gasteiger partial charge in [-0.15, -0.1) is 0 Å². The Bertz CT molecular complexity index is 875. The first-order valence-electron chi connectivity index (χ1n) is 6.41. The summed E-state index contributed by atoms with van der Waals surface area (Å²) in [4.78, 5) is 16.6. The Morgan fingerprint density at radius 1 is 1.32 bits per heavy atom. The third-order valence-electron chi connectivity index (χ3n) is 3.23. The number of halogens is 2. The van der Waals surface area contributed by atoms with Gasteiger partial charge in [-0.05, 0) is 41.1 Å². The lowest BCUT2D eigenvalue weighted by Gasteiger charge is -2.07. The van der Waals surface area contributed by atoms with Crippen LogP contribution in [-0.4, -0.2) is 27.7 Å². The maximum atomic E-state index is 12.0. The molecular weight excluding hydrogens is 370 g/mol. The zero-order chi connectivity index (χ0) is 15.9. The number of methoxy groups -OCH3 is 1. The molecule has 7 heteroatoms. The van der Waals surface area contributed by atoms with Crippen molar-refractivity contribution in [3.8, 4) is 11.3 Å². The Labute approximate surface area is 140 Å². The molecule has 0 radical (unpaired) electrons. The van der Waals surface area contributed by atoms with Crippen molar-refractivity contribution in [2.75, 3.05) is 7.11 Å². The predicted octanol–water partition coefficient (Wildman–Crippen LogP) is 3.91. The number of aromatic nitrogens is 3. The average molecular weight is 381 g/mol. The first-order valence-corrected chi connectivity index (χ1v) is 7.58. The van der Waals surface area contributed by atoms with Crippen LogP contribution in [0.1, 0.15) is 16.2 Å². The van der Waals surface area contributed by atoms with E-state index in [4.69, 9.17) is 16.3 Å². The van der Waals surface area contributed by atoms with E-state index in [0.29, 0.717) is 22.1 Å². The molecule has 0 saturated heterocycles. The lowest BCUT2D eigenvalue weighted by Crippen LogP contribution is -2.10. The van der Waals surface area contributed by atoms with Crippen molar-refractivity contribution in [1.82, 2.24) is 14.6 Å². The highest BCUT2D eigenvalue weighted by atomic mass is 79.9. The molecule has 0 saturated carbocycles. The second kappa shape index (κ2) is 5.70. The van der Waals surface area contributed by atoms with Gasteiger partial charge in [-0.25, -0.2) is 14.3 Å². The molecule has 0 amide bonds. The fraction of sp³-hybridized carbons (Fsp3) is 0.133. The molecule has 0 unspecified atom stereocenters. The van der Waals surface area contributed by atoms with Crippen LogP contribution in [-0.2, 0) is 4.74 Å². The molecule has 0 aliphatic heterocycles. The summed E-state index contributed by atoms with van der Waals surface area (Å²) in [6.45, 7) is 1.84.